The van der Waals surface area contributed by atoms with E-state index in [1.165, 1.54) is 6.07 Å². The lowest BCUT2D eigenvalue weighted by molar-refractivity contribution is -0.148. The molecular weight excluding hydrogens is 365 g/mol. The second-order valence-electron chi connectivity index (χ2n) is 6.07. The van der Waals surface area contributed by atoms with Crippen molar-refractivity contribution >= 4 is 11.9 Å². The molecule has 0 saturated heterocycles. The van der Waals surface area contributed by atoms with Crippen molar-refractivity contribution in [2.75, 3.05) is 27.4 Å². The number of nitrogens with one attached hydrogen (secondary N) is 1. The molecule has 0 bridgehead atoms. The number of hydrogen-bond acceptors (Lipinski definition) is 5. The Morgan fingerprint density at radius 1 is 1.00 bits per heavy atom. The summed E-state index contributed by atoms with van der Waals surface area (Å²) in [6.07, 6.45) is 0.921. The molecule has 7 heteroatoms. The Balaban J connectivity index is 1.69. The van der Waals surface area contributed by atoms with Gasteiger partial charge in [0.05, 0.1) is 14.2 Å². The molecule has 0 fully saturated rings. The molecule has 0 unspecified atom stereocenters. The van der Waals surface area contributed by atoms with E-state index in [0.717, 1.165) is 5.56 Å². The fraction of sp³-hybridized carbons (Fsp3) is 0.333. The van der Waals surface area contributed by atoms with Crippen molar-refractivity contribution in [3.63, 3.8) is 0 Å². The number of esters is 1. The van der Waals surface area contributed by atoms with Crippen LogP contribution in [0.1, 0.15) is 17.5 Å². The van der Waals surface area contributed by atoms with E-state index in [1.54, 1.807) is 38.5 Å². The average molecular weight is 389 g/mol. The molecular formula is C21H24FNO5. The number of amides is 1. The van der Waals surface area contributed by atoms with Crippen LogP contribution in [0.3, 0.4) is 0 Å². The molecule has 28 heavy (non-hydrogen) atoms. The molecule has 0 aliphatic heterocycles. The van der Waals surface area contributed by atoms with Gasteiger partial charge < -0.3 is 19.5 Å². The van der Waals surface area contributed by atoms with Crippen molar-refractivity contribution in [3.8, 4) is 11.5 Å². The standard InChI is InChI=1S/C21H24FNO5/c1-26-17-11-15(12-18(13-17)27-2)7-8-21(25)28-14-20(24)23-10-9-16-5-3-4-6-19(16)22/h3-6,11-13H,7-10,14H2,1-2H3,(H,23,24). The number of methoxy groups -OCH3 is 2. The summed E-state index contributed by atoms with van der Waals surface area (Å²) in [6.45, 7) is -0.0988. The summed E-state index contributed by atoms with van der Waals surface area (Å²) >= 11 is 0. The van der Waals surface area contributed by atoms with Crippen LogP contribution in [-0.4, -0.2) is 39.2 Å². The summed E-state index contributed by atoms with van der Waals surface area (Å²) in [5, 5.41) is 2.60. The van der Waals surface area contributed by atoms with Crippen molar-refractivity contribution in [1.29, 1.82) is 0 Å². The van der Waals surface area contributed by atoms with Gasteiger partial charge in [0.15, 0.2) is 6.61 Å². The zero-order valence-corrected chi connectivity index (χ0v) is 16.0. The van der Waals surface area contributed by atoms with Gasteiger partial charge in [-0.15, -0.1) is 0 Å². The fourth-order valence-corrected chi connectivity index (χ4v) is 2.56. The van der Waals surface area contributed by atoms with Crippen LogP contribution < -0.4 is 14.8 Å². The van der Waals surface area contributed by atoms with E-state index in [9.17, 15) is 14.0 Å². The molecule has 2 rings (SSSR count). The third kappa shape index (κ3) is 6.90. The number of hydrogen-bond donors (Lipinski definition) is 1. The molecule has 2 aromatic rings. The summed E-state index contributed by atoms with van der Waals surface area (Å²) in [5.41, 5.74) is 1.39. The first-order chi connectivity index (χ1) is 13.5. The van der Waals surface area contributed by atoms with Gasteiger partial charge in [-0.05, 0) is 42.2 Å². The summed E-state index contributed by atoms with van der Waals surface area (Å²) in [5.74, 6) is 0.0602. The van der Waals surface area contributed by atoms with Crippen molar-refractivity contribution in [2.24, 2.45) is 0 Å². The maximum atomic E-state index is 13.5. The van der Waals surface area contributed by atoms with Gasteiger partial charge >= 0.3 is 5.97 Å². The number of carbonyl (C=O) groups is 2. The molecule has 1 amide bonds. The molecule has 0 atom stereocenters. The number of benzene rings is 2. The Kier molecular flexibility index (Phi) is 8.27. The Morgan fingerprint density at radius 3 is 2.32 bits per heavy atom. The van der Waals surface area contributed by atoms with Crippen molar-refractivity contribution in [2.45, 2.75) is 19.3 Å². The Morgan fingerprint density at radius 2 is 1.68 bits per heavy atom. The predicted molar refractivity (Wildman–Crippen MR) is 102 cm³/mol. The van der Waals surface area contributed by atoms with Crippen LogP contribution in [0.4, 0.5) is 4.39 Å². The molecule has 0 heterocycles. The molecule has 0 radical (unpaired) electrons. The Hall–Kier alpha value is -3.09. The van der Waals surface area contributed by atoms with Gasteiger partial charge in [-0.25, -0.2) is 4.39 Å². The van der Waals surface area contributed by atoms with Gasteiger partial charge in [-0.2, -0.15) is 0 Å². The summed E-state index contributed by atoms with van der Waals surface area (Å²) in [7, 11) is 3.11. The van der Waals surface area contributed by atoms with E-state index in [1.807, 2.05) is 12.1 Å². The molecule has 0 saturated carbocycles. The topological polar surface area (TPSA) is 73.9 Å². The first kappa shape index (κ1) is 21.2. The number of rotatable bonds is 10. The van der Waals surface area contributed by atoms with Gasteiger partial charge in [-0.3, -0.25) is 9.59 Å². The van der Waals surface area contributed by atoms with E-state index in [0.29, 0.717) is 29.9 Å². The first-order valence-electron chi connectivity index (χ1n) is 8.89. The minimum absolute atomic E-state index is 0.124. The lowest BCUT2D eigenvalue weighted by Crippen LogP contribution is -2.30. The third-order valence-corrected chi connectivity index (χ3v) is 4.07. The van der Waals surface area contributed by atoms with E-state index in [4.69, 9.17) is 14.2 Å². The average Bonchev–Trinajstić information content (AvgIpc) is 2.71. The lowest BCUT2D eigenvalue weighted by Gasteiger charge is -2.09. The molecule has 1 N–H and O–H groups in total. The second kappa shape index (κ2) is 10.9. The lowest BCUT2D eigenvalue weighted by atomic mass is 10.1. The summed E-state index contributed by atoms with van der Waals surface area (Å²) in [4.78, 5) is 23.6. The minimum atomic E-state index is -0.481. The van der Waals surface area contributed by atoms with Crippen LogP contribution in [-0.2, 0) is 27.2 Å². The number of aryl methyl sites for hydroxylation is 1. The number of carbonyl (C=O) groups excluding carboxylic acids is 2. The highest BCUT2D eigenvalue weighted by molar-refractivity contribution is 5.80. The zero-order valence-electron chi connectivity index (χ0n) is 16.0. The SMILES string of the molecule is COc1cc(CCC(=O)OCC(=O)NCCc2ccccc2F)cc(OC)c1. The van der Waals surface area contributed by atoms with Crippen LogP contribution in [0.2, 0.25) is 0 Å². The van der Waals surface area contributed by atoms with Crippen molar-refractivity contribution in [3.05, 3.63) is 59.4 Å². The zero-order chi connectivity index (χ0) is 20.4. The Labute approximate surface area is 163 Å². The van der Waals surface area contributed by atoms with Crippen molar-refractivity contribution < 1.29 is 28.2 Å². The van der Waals surface area contributed by atoms with Crippen LogP contribution >= 0.6 is 0 Å². The maximum absolute atomic E-state index is 13.5. The highest BCUT2D eigenvalue weighted by Crippen LogP contribution is 2.23. The van der Waals surface area contributed by atoms with Gasteiger partial charge in [-0.1, -0.05) is 18.2 Å². The fourth-order valence-electron chi connectivity index (χ4n) is 2.56. The summed E-state index contributed by atoms with van der Waals surface area (Å²) in [6, 6.07) is 11.7. The van der Waals surface area contributed by atoms with Gasteiger partial charge in [0.1, 0.15) is 17.3 Å². The highest BCUT2D eigenvalue weighted by atomic mass is 19.1. The van der Waals surface area contributed by atoms with Gasteiger partial charge in [0, 0.05) is 19.0 Å². The van der Waals surface area contributed by atoms with Crippen LogP contribution in [0.5, 0.6) is 11.5 Å². The first-order valence-corrected chi connectivity index (χ1v) is 8.89. The van der Waals surface area contributed by atoms with Gasteiger partial charge in [0.2, 0.25) is 0 Å². The molecule has 150 valence electrons. The number of halogens is 1. The molecule has 0 aliphatic carbocycles. The molecule has 0 aromatic heterocycles. The quantitative estimate of drug-likeness (QED) is 0.633. The molecule has 6 nitrogen and oxygen atoms in total. The third-order valence-electron chi connectivity index (χ3n) is 4.07. The molecule has 0 spiro atoms. The smallest absolute Gasteiger partial charge is 0.306 e. The van der Waals surface area contributed by atoms with Crippen molar-refractivity contribution in [1.82, 2.24) is 5.32 Å². The maximum Gasteiger partial charge on any atom is 0.306 e. The minimum Gasteiger partial charge on any atom is -0.497 e. The van der Waals surface area contributed by atoms with Gasteiger partial charge in [0.25, 0.3) is 5.91 Å². The van der Waals surface area contributed by atoms with E-state index >= 15 is 0 Å². The number of ether oxygens (including phenoxy) is 3. The monoisotopic (exact) mass is 389 g/mol. The largest absolute Gasteiger partial charge is 0.497 e. The van der Waals surface area contributed by atoms with Crippen LogP contribution in [0.25, 0.3) is 0 Å². The summed E-state index contributed by atoms with van der Waals surface area (Å²) < 4.78 is 28.8. The van der Waals surface area contributed by atoms with Crippen LogP contribution in [0, 0.1) is 5.82 Å². The van der Waals surface area contributed by atoms with E-state index in [2.05, 4.69) is 5.32 Å². The molecule has 2 aromatic carbocycles. The Bertz CT molecular complexity index is 787. The van der Waals surface area contributed by atoms with E-state index < -0.39 is 11.9 Å². The molecule has 0 aliphatic rings. The second-order valence-corrected chi connectivity index (χ2v) is 6.07. The normalized spacial score (nSPS) is 10.2. The highest BCUT2D eigenvalue weighted by Gasteiger charge is 2.10. The predicted octanol–water partition coefficient (Wildman–Crippen LogP) is 2.68. The van der Waals surface area contributed by atoms with E-state index in [-0.39, 0.29) is 25.4 Å². The van der Waals surface area contributed by atoms with Crippen LogP contribution in [0.15, 0.2) is 42.5 Å².